The van der Waals surface area contributed by atoms with Crippen molar-refractivity contribution in [2.75, 3.05) is 6.61 Å². The van der Waals surface area contributed by atoms with Crippen molar-refractivity contribution in [2.24, 2.45) is 0 Å². The Morgan fingerprint density at radius 3 is 0.905 bits per heavy atom. The highest BCUT2D eigenvalue weighted by atomic mass is 16.3. The van der Waals surface area contributed by atoms with E-state index in [0.29, 0.717) is 6.42 Å². The summed E-state index contributed by atoms with van der Waals surface area (Å²) in [6.07, 6.45) is 75.1. The summed E-state index contributed by atoms with van der Waals surface area (Å²) in [5.41, 5.74) is 0. The Kier molecular flexibility index (Phi) is 53.7. The van der Waals surface area contributed by atoms with Gasteiger partial charge >= 0.3 is 0 Å². The molecule has 1 amide bonds. The highest BCUT2D eigenvalue weighted by Crippen LogP contribution is 2.18. The van der Waals surface area contributed by atoms with Gasteiger partial charge in [-0.25, -0.2) is 0 Å². The summed E-state index contributed by atoms with van der Waals surface area (Å²) in [5, 5.41) is 22.9. The van der Waals surface area contributed by atoms with Gasteiger partial charge in [0.25, 0.3) is 0 Å². The van der Waals surface area contributed by atoms with Gasteiger partial charge in [0.2, 0.25) is 5.91 Å². The number of allylic oxidation sites excluding steroid dienone is 5. The molecule has 3 N–H and O–H groups in total. The molecule has 0 heterocycles. The van der Waals surface area contributed by atoms with Gasteiger partial charge in [-0.15, -0.1) is 0 Å². The van der Waals surface area contributed by atoms with Crippen molar-refractivity contribution in [2.45, 2.75) is 328 Å². The number of hydrogen-bond donors (Lipinski definition) is 3. The lowest BCUT2D eigenvalue weighted by Crippen LogP contribution is -2.45. The monoisotopic (exact) mass is 884 g/mol. The van der Waals surface area contributed by atoms with Crippen LogP contribution in [0.15, 0.2) is 36.5 Å². The fourth-order valence-corrected chi connectivity index (χ4v) is 9.05. The van der Waals surface area contributed by atoms with Crippen molar-refractivity contribution in [3.63, 3.8) is 0 Å². The van der Waals surface area contributed by atoms with Gasteiger partial charge < -0.3 is 15.5 Å². The van der Waals surface area contributed by atoms with Crippen LogP contribution in [0.25, 0.3) is 0 Å². The third-order valence-electron chi connectivity index (χ3n) is 13.4. The average molecular weight is 885 g/mol. The second-order valence-electron chi connectivity index (χ2n) is 19.7. The quantitative estimate of drug-likeness (QED) is 0.0421. The summed E-state index contributed by atoms with van der Waals surface area (Å²) in [6, 6.07) is -0.642. The van der Waals surface area contributed by atoms with Crippen molar-refractivity contribution in [1.29, 1.82) is 0 Å². The first-order chi connectivity index (χ1) is 31.2. The average Bonchev–Trinajstić information content (AvgIpc) is 3.29. The van der Waals surface area contributed by atoms with Crippen LogP contribution >= 0.6 is 0 Å². The summed E-state index contributed by atoms with van der Waals surface area (Å²) in [6.45, 7) is 4.19. The first kappa shape index (κ1) is 61.6. The lowest BCUT2D eigenvalue weighted by Gasteiger charge is -2.19. The van der Waals surface area contributed by atoms with Gasteiger partial charge in [-0.05, 0) is 38.5 Å². The Morgan fingerprint density at radius 1 is 0.381 bits per heavy atom. The van der Waals surface area contributed by atoms with E-state index in [9.17, 15) is 15.0 Å². The van der Waals surface area contributed by atoms with Crippen LogP contribution < -0.4 is 5.32 Å². The third kappa shape index (κ3) is 51.5. The highest BCUT2D eigenvalue weighted by molar-refractivity contribution is 5.76. The van der Waals surface area contributed by atoms with Crippen LogP contribution in [0.3, 0.4) is 0 Å². The molecule has 63 heavy (non-hydrogen) atoms. The SMILES string of the molecule is CC/C=C/CC/C=C/CC/C=C/C(O)C(CO)NC(=O)CCCCCCCCCCCCCCCCCCCCCCCCCCCCCCCCCCCCCCCCCCC. The molecule has 0 aliphatic carbocycles. The Balaban J connectivity index is 3.31. The van der Waals surface area contributed by atoms with Gasteiger partial charge in [-0.3, -0.25) is 4.79 Å². The van der Waals surface area contributed by atoms with E-state index in [4.69, 9.17) is 0 Å². The molecule has 0 fully saturated rings. The first-order valence-corrected chi connectivity index (χ1v) is 28.7. The molecule has 0 bridgehead atoms. The van der Waals surface area contributed by atoms with E-state index in [-0.39, 0.29) is 12.5 Å². The number of aliphatic hydroxyl groups is 2. The van der Waals surface area contributed by atoms with Crippen LogP contribution in [0, 0.1) is 0 Å². The molecule has 0 aromatic heterocycles. The normalized spacial score (nSPS) is 13.0. The largest absolute Gasteiger partial charge is 0.394 e. The van der Waals surface area contributed by atoms with Crippen molar-refractivity contribution in [3.05, 3.63) is 36.5 Å². The van der Waals surface area contributed by atoms with Crippen molar-refractivity contribution in [3.8, 4) is 0 Å². The zero-order chi connectivity index (χ0) is 45.6. The predicted molar refractivity (Wildman–Crippen MR) is 281 cm³/mol. The highest BCUT2D eigenvalue weighted by Gasteiger charge is 2.18. The molecule has 0 aliphatic rings. The van der Waals surface area contributed by atoms with Gasteiger partial charge in [-0.2, -0.15) is 0 Å². The summed E-state index contributed by atoms with van der Waals surface area (Å²) in [5.74, 6) is -0.0756. The van der Waals surface area contributed by atoms with Crippen LogP contribution in [-0.2, 0) is 4.79 Å². The number of aliphatic hydroxyl groups excluding tert-OH is 2. The maximum Gasteiger partial charge on any atom is 0.220 e. The number of unbranched alkanes of at least 4 members (excludes halogenated alkanes) is 42. The van der Waals surface area contributed by atoms with Crippen LogP contribution in [0.5, 0.6) is 0 Å². The van der Waals surface area contributed by atoms with Crippen LogP contribution in [0.4, 0.5) is 0 Å². The maximum atomic E-state index is 12.4. The number of amides is 1. The minimum atomic E-state index is -0.866. The number of rotatable bonds is 53. The number of hydrogen-bond acceptors (Lipinski definition) is 3. The molecule has 0 aromatic rings. The van der Waals surface area contributed by atoms with Gasteiger partial charge in [0.1, 0.15) is 0 Å². The molecule has 0 saturated carbocycles. The summed E-state index contributed by atoms with van der Waals surface area (Å²) < 4.78 is 0. The maximum absolute atomic E-state index is 12.4. The van der Waals surface area contributed by atoms with E-state index < -0.39 is 12.1 Å². The molecule has 2 atom stereocenters. The van der Waals surface area contributed by atoms with E-state index >= 15 is 0 Å². The second kappa shape index (κ2) is 54.9. The van der Waals surface area contributed by atoms with E-state index in [1.165, 1.54) is 250 Å². The molecule has 0 rings (SSSR count). The minimum absolute atomic E-state index is 0.0756. The predicted octanol–water partition coefficient (Wildman–Crippen LogP) is 18.9. The lowest BCUT2D eigenvalue weighted by atomic mass is 10.0. The van der Waals surface area contributed by atoms with Crippen LogP contribution in [0.2, 0.25) is 0 Å². The first-order valence-electron chi connectivity index (χ1n) is 28.7. The van der Waals surface area contributed by atoms with Gasteiger partial charge in [0.05, 0.1) is 18.8 Å². The van der Waals surface area contributed by atoms with Crippen molar-refractivity contribution >= 4 is 5.91 Å². The molecule has 0 spiro atoms. The Hall–Kier alpha value is -1.39. The zero-order valence-corrected chi connectivity index (χ0v) is 42.9. The van der Waals surface area contributed by atoms with E-state index in [1.54, 1.807) is 6.08 Å². The summed E-state index contributed by atoms with van der Waals surface area (Å²) in [7, 11) is 0. The van der Waals surface area contributed by atoms with Crippen LogP contribution in [-0.4, -0.2) is 34.9 Å². The molecule has 0 radical (unpaired) electrons. The van der Waals surface area contributed by atoms with Crippen molar-refractivity contribution < 1.29 is 15.0 Å². The minimum Gasteiger partial charge on any atom is -0.394 e. The number of nitrogens with one attached hydrogen (secondary N) is 1. The Morgan fingerprint density at radius 2 is 0.635 bits per heavy atom. The van der Waals surface area contributed by atoms with Crippen LogP contribution in [0.1, 0.15) is 316 Å². The summed E-state index contributed by atoms with van der Waals surface area (Å²) >= 11 is 0. The fraction of sp³-hybridized carbons (Fsp3) is 0.881. The third-order valence-corrected chi connectivity index (χ3v) is 13.4. The van der Waals surface area contributed by atoms with Crippen molar-refractivity contribution in [1.82, 2.24) is 5.32 Å². The molecule has 372 valence electrons. The molecule has 0 aromatic carbocycles. The molecule has 4 nitrogen and oxygen atoms in total. The van der Waals surface area contributed by atoms with Gasteiger partial charge in [0.15, 0.2) is 0 Å². The standard InChI is InChI=1S/C59H113NO3/c1-3-5-7-9-11-13-15-16-17-18-19-20-21-22-23-24-25-26-27-28-29-30-31-32-33-34-35-36-37-38-39-40-41-42-43-44-45-47-49-51-53-55-59(63)60-57(56-61)58(62)54-52-50-48-46-14-12-10-8-6-4-2/h6,8,14,46,52,54,57-58,61-62H,3-5,7,9-13,15-45,47-51,53,55-56H2,1-2H3,(H,60,63)/b8-6+,46-14+,54-52+. The van der Waals surface area contributed by atoms with E-state index in [1.807, 2.05) is 6.08 Å². The lowest BCUT2D eigenvalue weighted by molar-refractivity contribution is -0.123. The summed E-state index contributed by atoms with van der Waals surface area (Å²) in [4.78, 5) is 12.4. The topological polar surface area (TPSA) is 69.6 Å². The van der Waals surface area contributed by atoms with Gasteiger partial charge in [-0.1, -0.05) is 307 Å². The number of carbonyl (C=O) groups excluding carboxylic acids is 1. The van der Waals surface area contributed by atoms with E-state index in [2.05, 4.69) is 43.5 Å². The molecule has 2 unspecified atom stereocenters. The molecular weight excluding hydrogens is 771 g/mol. The Bertz CT molecular complexity index is 958. The smallest absolute Gasteiger partial charge is 0.220 e. The number of carbonyl (C=O) groups is 1. The van der Waals surface area contributed by atoms with E-state index in [0.717, 1.165) is 44.9 Å². The molecule has 0 saturated heterocycles. The molecule has 4 heteroatoms. The van der Waals surface area contributed by atoms with Gasteiger partial charge in [0, 0.05) is 6.42 Å². The molecule has 0 aliphatic heterocycles. The zero-order valence-electron chi connectivity index (χ0n) is 42.9. The fourth-order valence-electron chi connectivity index (χ4n) is 9.05. The second-order valence-corrected chi connectivity index (χ2v) is 19.7. The Labute approximate surface area is 395 Å². The molecular formula is C59H113NO3.